The average molecular weight is 230 g/mol. The number of rotatable bonds is 1. The molecule has 0 bridgehead atoms. The molecule has 0 amide bonds. The first-order valence-electron chi connectivity index (χ1n) is 5.68. The molecule has 88 valence electrons. The van der Waals surface area contributed by atoms with Gasteiger partial charge in [-0.1, -0.05) is 0 Å². The van der Waals surface area contributed by atoms with Gasteiger partial charge in [0, 0.05) is 22.3 Å². The number of nitrogens with two attached hydrogens (primary N) is 1. The first-order valence-corrected chi connectivity index (χ1v) is 5.68. The Labute approximate surface area is 98.8 Å². The summed E-state index contributed by atoms with van der Waals surface area (Å²) in [6.07, 6.45) is 1.71. The topological polar surface area (TPSA) is 68.1 Å². The molecule has 4 heteroatoms. The molecule has 0 saturated heterocycles. The Morgan fingerprint density at radius 1 is 1.53 bits per heavy atom. The lowest BCUT2D eigenvalue weighted by molar-refractivity contribution is -0.142. The summed E-state index contributed by atoms with van der Waals surface area (Å²) in [5.74, 6) is -0.308. The van der Waals surface area contributed by atoms with Crippen LogP contribution in [0.3, 0.4) is 0 Å². The third-order valence-corrected chi connectivity index (χ3v) is 3.46. The molecule has 0 unspecified atom stereocenters. The van der Waals surface area contributed by atoms with Crippen molar-refractivity contribution in [2.45, 2.75) is 18.8 Å². The van der Waals surface area contributed by atoms with Gasteiger partial charge in [0.15, 0.2) is 0 Å². The SMILES string of the molecule is COC(=O)[C@H]1CCc2[nH]c3ccc(N)cc3c21. The number of nitrogen functional groups attached to an aromatic ring is 1. The molecule has 4 nitrogen and oxygen atoms in total. The molecular formula is C13H14N2O2. The highest BCUT2D eigenvalue weighted by Gasteiger charge is 2.32. The van der Waals surface area contributed by atoms with Crippen LogP contribution in [-0.4, -0.2) is 18.1 Å². The number of aromatic nitrogens is 1. The molecule has 0 saturated carbocycles. The van der Waals surface area contributed by atoms with Gasteiger partial charge in [-0.2, -0.15) is 0 Å². The van der Waals surface area contributed by atoms with E-state index in [9.17, 15) is 4.79 Å². The van der Waals surface area contributed by atoms with Gasteiger partial charge in [-0.3, -0.25) is 4.79 Å². The second kappa shape index (κ2) is 3.52. The second-order valence-corrected chi connectivity index (χ2v) is 4.44. The van der Waals surface area contributed by atoms with E-state index >= 15 is 0 Å². The second-order valence-electron chi connectivity index (χ2n) is 4.44. The Kier molecular flexibility index (Phi) is 2.11. The third-order valence-electron chi connectivity index (χ3n) is 3.46. The van der Waals surface area contributed by atoms with Crippen LogP contribution in [0.15, 0.2) is 18.2 Å². The summed E-state index contributed by atoms with van der Waals surface area (Å²) in [5, 5.41) is 1.05. The summed E-state index contributed by atoms with van der Waals surface area (Å²) >= 11 is 0. The number of esters is 1. The number of carbonyl (C=O) groups is 1. The van der Waals surface area contributed by atoms with E-state index in [1.165, 1.54) is 7.11 Å². The molecule has 3 N–H and O–H groups in total. The van der Waals surface area contributed by atoms with E-state index in [1.54, 1.807) is 0 Å². The van der Waals surface area contributed by atoms with Gasteiger partial charge in [0.25, 0.3) is 0 Å². The van der Waals surface area contributed by atoms with Gasteiger partial charge in [-0.25, -0.2) is 0 Å². The molecule has 0 aliphatic heterocycles. The smallest absolute Gasteiger partial charge is 0.313 e. The van der Waals surface area contributed by atoms with Gasteiger partial charge in [0.2, 0.25) is 0 Å². The summed E-state index contributed by atoms with van der Waals surface area (Å²) in [5.41, 5.74) is 9.77. The number of methoxy groups -OCH3 is 1. The third kappa shape index (κ3) is 1.40. The largest absolute Gasteiger partial charge is 0.469 e. The van der Waals surface area contributed by atoms with Crippen LogP contribution in [0.2, 0.25) is 0 Å². The number of anilines is 1. The number of hydrogen-bond donors (Lipinski definition) is 2. The fourth-order valence-electron chi connectivity index (χ4n) is 2.69. The molecule has 1 aromatic carbocycles. The normalized spacial score (nSPS) is 18.3. The van der Waals surface area contributed by atoms with Crippen LogP contribution >= 0.6 is 0 Å². The maximum atomic E-state index is 11.7. The Bertz CT molecular complexity index is 601. The lowest BCUT2D eigenvalue weighted by Crippen LogP contribution is -2.11. The molecule has 3 rings (SSSR count). The predicted molar refractivity (Wildman–Crippen MR) is 65.8 cm³/mol. The van der Waals surface area contributed by atoms with Crippen molar-refractivity contribution in [3.63, 3.8) is 0 Å². The van der Waals surface area contributed by atoms with Crippen molar-refractivity contribution >= 4 is 22.6 Å². The zero-order chi connectivity index (χ0) is 12.0. The van der Waals surface area contributed by atoms with E-state index in [0.29, 0.717) is 0 Å². The Morgan fingerprint density at radius 3 is 3.12 bits per heavy atom. The summed E-state index contributed by atoms with van der Waals surface area (Å²) in [6, 6.07) is 5.74. The molecule has 0 fully saturated rings. The maximum absolute atomic E-state index is 11.7. The van der Waals surface area contributed by atoms with E-state index in [2.05, 4.69) is 4.98 Å². The minimum absolute atomic E-state index is 0.148. The lowest BCUT2D eigenvalue weighted by Gasteiger charge is -2.08. The van der Waals surface area contributed by atoms with E-state index in [-0.39, 0.29) is 11.9 Å². The molecule has 0 radical (unpaired) electrons. The van der Waals surface area contributed by atoms with Crippen molar-refractivity contribution in [2.24, 2.45) is 0 Å². The molecule has 1 atom stereocenters. The number of aryl methyl sites for hydroxylation is 1. The van der Waals surface area contributed by atoms with E-state index in [0.717, 1.165) is 40.7 Å². The fourth-order valence-corrected chi connectivity index (χ4v) is 2.69. The summed E-state index contributed by atoms with van der Waals surface area (Å²) in [7, 11) is 1.43. The number of aromatic amines is 1. The number of hydrogen-bond acceptors (Lipinski definition) is 3. The number of H-pyrrole nitrogens is 1. The standard InChI is InChI=1S/C13H14N2O2/c1-17-13(16)8-3-5-11-12(8)9-6-7(14)2-4-10(9)15-11/h2,4,6,8,15H,3,5,14H2,1H3/t8-/m0/s1. The zero-order valence-corrected chi connectivity index (χ0v) is 9.62. The van der Waals surface area contributed by atoms with Crippen molar-refractivity contribution in [1.29, 1.82) is 0 Å². The monoisotopic (exact) mass is 230 g/mol. The summed E-state index contributed by atoms with van der Waals surface area (Å²) < 4.78 is 4.86. The Balaban J connectivity index is 2.21. The molecule has 0 spiro atoms. The van der Waals surface area contributed by atoms with Crippen LogP contribution < -0.4 is 5.73 Å². The minimum atomic E-state index is -0.160. The Morgan fingerprint density at radius 2 is 2.35 bits per heavy atom. The van der Waals surface area contributed by atoms with Gasteiger partial charge in [0.1, 0.15) is 0 Å². The quantitative estimate of drug-likeness (QED) is 0.581. The van der Waals surface area contributed by atoms with E-state index < -0.39 is 0 Å². The van der Waals surface area contributed by atoms with Crippen LogP contribution in [0.4, 0.5) is 5.69 Å². The highest BCUT2D eigenvalue weighted by atomic mass is 16.5. The highest BCUT2D eigenvalue weighted by Crippen LogP contribution is 2.39. The highest BCUT2D eigenvalue weighted by molar-refractivity contribution is 5.93. The zero-order valence-electron chi connectivity index (χ0n) is 9.62. The van der Waals surface area contributed by atoms with Crippen LogP contribution in [0, 0.1) is 0 Å². The first-order chi connectivity index (χ1) is 8.20. The number of fused-ring (bicyclic) bond motifs is 3. The molecule has 1 aliphatic rings. The Hall–Kier alpha value is -1.97. The number of nitrogens with one attached hydrogen (secondary N) is 1. The lowest BCUT2D eigenvalue weighted by atomic mass is 10.00. The van der Waals surface area contributed by atoms with Crippen molar-refractivity contribution in [3.05, 3.63) is 29.5 Å². The van der Waals surface area contributed by atoms with E-state index in [1.807, 2.05) is 18.2 Å². The minimum Gasteiger partial charge on any atom is -0.469 e. The summed E-state index contributed by atoms with van der Waals surface area (Å²) in [6.45, 7) is 0. The predicted octanol–water partition coefficient (Wildman–Crippen LogP) is 1.95. The van der Waals surface area contributed by atoms with Crippen LogP contribution in [0.5, 0.6) is 0 Å². The van der Waals surface area contributed by atoms with Crippen molar-refractivity contribution < 1.29 is 9.53 Å². The number of carbonyl (C=O) groups excluding carboxylic acids is 1. The molecule has 1 heterocycles. The molecule has 1 aliphatic carbocycles. The maximum Gasteiger partial charge on any atom is 0.313 e. The first kappa shape index (κ1) is 10.2. The van der Waals surface area contributed by atoms with Crippen molar-refractivity contribution in [3.8, 4) is 0 Å². The van der Waals surface area contributed by atoms with Crippen LogP contribution in [0.25, 0.3) is 10.9 Å². The van der Waals surface area contributed by atoms with Crippen LogP contribution in [0.1, 0.15) is 23.6 Å². The number of ether oxygens (including phenoxy) is 1. The van der Waals surface area contributed by atoms with E-state index in [4.69, 9.17) is 10.5 Å². The molecule has 17 heavy (non-hydrogen) atoms. The fraction of sp³-hybridized carbons (Fsp3) is 0.308. The molecule has 1 aromatic heterocycles. The van der Waals surface area contributed by atoms with Gasteiger partial charge in [-0.15, -0.1) is 0 Å². The van der Waals surface area contributed by atoms with Crippen LogP contribution in [-0.2, 0) is 16.0 Å². The molecular weight excluding hydrogens is 216 g/mol. The van der Waals surface area contributed by atoms with Gasteiger partial charge < -0.3 is 15.5 Å². The van der Waals surface area contributed by atoms with Crippen molar-refractivity contribution in [2.75, 3.05) is 12.8 Å². The van der Waals surface area contributed by atoms with Gasteiger partial charge in [0.05, 0.1) is 13.0 Å². The summed E-state index contributed by atoms with van der Waals surface area (Å²) in [4.78, 5) is 15.1. The molecule has 2 aromatic rings. The van der Waals surface area contributed by atoms with Crippen molar-refractivity contribution in [1.82, 2.24) is 4.98 Å². The van der Waals surface area contributed by atoms with Gasteiger partial charge in [-0.05, 0) is 36.6 Å². The average Bonchev–Trinajstić information content (AvgIpc) is 2.87. The van der Waals surface area contributed by atoms with Gasteiger partial charge >= 0.3 is 5.97 Å². The number of benzene rings is 1.